The van der Waals surface area contributed by atoms with Gasteiger partial charge in [0.15, 0.2) is 0 Å². The third kappa shape index (κ3) is 4.74. The third-order valence-corrected chi connectivity index (χ3v) is 4.14. The molecule has 1 aliphatic rings. The van der Waals surface area contributed by atoms with Gasteiger partial charge in [-0.25, -0.2) is 0 Å². The number of nitrogens with one attached hydrogen (secondary N) is 1. The van der Waals surface area contributed by atoms with Crippen LogP contribution < -0.4 is 10.1 Å². The van der Waals surface area contributed by atoms with Gasteiger partial charge in [-0.3, -0.25) is 4.79 Å². The fourth-order valence-electron chi connectivity index (χ4n) is 2.80. The normalized spacial score (nSPS) is 18.3. The molecule has 1 aromatic rings. The van der Waals surface area contributed by atoms with Crippen LogP contribution in [-0.4, -0.2) is 44.6 Å². The van der Waals surface area contributed by atoms with E-state index in [1.807, 2.05) is 24.1 Å². The molecule has 1 unspecified atom stereocenters. The molecule has 1 fully saturated rings. The predicted molar refractivity (Wildman–Crippen MR) is 84.5 cm³/mol. The second kappa shape index (κ2) is 8.03. The van der Waals surface area contributed by atoms with E-state index in [4.69, 9.17) is 4.74 Å². The largest absolute Gasteiger partial charge is 0.497 e. The zero-order valence-corrected chi connectivity index (χ0v) is 13.1. The number of rotatable bonds is 6. The lowest BCUT2D eigenvalue weighted by Gasteiger charge is -2.27. The number of ether oxygens (including phenoxy) is 1. The van der Waals surface area contributed by atoms with Crippen LogP contribution in [0, 0.1) is 5.92 Å². The minimum atomic E-state index is 0.171. The SMILES string of the molecule is COc1ccc(CCCN(C)C(=O)C2CCCNC2)cc1. The summed E-state index contributed by atoms with van der Waals surface area (Å²) in [5.74, 6) is 1.34. The minimum absolute atomic E-state index is 0.171. The van der Waals surface area contributed by atoms with E-state index >= 15 is 0 Å². The fourth-order valence-corrected chi connectivity index (χ4v) is 2.80. The molecule has 0 spiro atoms. The van der Waals surface area contributed by atoms with Gasteiger partial charge in [-0.1, -0.05) is 12.1 Å². The molecular weight excluding hydrogens is 264 g/mol. The summed E-state index contributed by atoms with van der Waals surface area (Å²) in [5.41, 5.74) is 1.29. The van der Waals surface area contributed by atoms with Crippen molar-refractivity contribution in [3.8, 4) is 5.75 Å². The molecule has 0 aliphatic carbocycles. The number of piperidine rings is 1. The Balaban J connectivity index is 1.72. The number of amides is 1. The maximum atomic E-state index is 12.3. The first kappa shape index (κ1) is 15.8. The third-order valence-electron chi connectivity index (χ3n) is 4.14. The van der Waals surface area contributed by atoms with Crippen LogP contribution in [0.2, 0.25) is 0 Å². The molecule has 1 amide bonds. The summed E-state index contributed by atoms with van der Waals surface area (Å²) in [6.45, 7) is 2.70. The highest BCUT2D eigenvalue weighted by molar-refractivity contribution is 5.78. The first-order valence-electron chi connectivity index (χ1n) is 7.79. The van der Waals surface area contributed by atoms with Crippen molar-refractivity contribution in [2.75, 3.05) is 33.8 Å². The van der Waals surface area contributed by atoms with Crippen LogP contribution in [0.1, 0.15) is 24.8 Å². The highest BCUT2D eigenvalue weighted by Gasteiger charge is 2.23. The van der Waals surface area contributed by atoms with Crippen LogP contribution in [0.5, 0.6) is 5.75 Å². The van der Waals surface area contributed by atoms with Gasteiger partial charge in [0.2, 0.25) is 5.91 Å². The van der Waals surface area contributed by atoms with Crippen LogP contribution in [-0.2, 0) is 11.2 Å². The Bertz CT molecular complexity index is 439. The van der Waals surface area contributed by atoms with Gasteiger partial charge in [0.25, 0.3) is 0 Å². The van der Waals surface area contributed by atoms with Gasteiger partial charge < -0.3 is 15.0 Å². The van der Waals surface area contributed by atoms with Crippen molar-refractivity contribution in [2.45, 2.75) is 25.7 Å². The van der Waals surface area contributed by atoms with Crippen molar-refractivity contribution < 1.29 is 9.53 Å². The van der Waals surface area contributed by atoms with Crippen molar-refractivity contribution in [1.29, 1.82) is 0 Å². The van der Waals surface area contributed by atoms with Gasteiger partial charge in [0.1, 0.15) is 5.75 Å². The van der Waals surface area contributed by atoms with Gasteiger partial charge in [0, 0.05) is 20.1 Å². The number of nitrogens with zero attached hydrogens (tertiary/aromatic N) is 1. The molecule has 1 aromatic carbocycles. The number of aryl methyl sites for hydroxylation is 1. The average Bonchev–Trinajstić information content (AvgIpc) is 2.55. The van der Waals surface area contributed by atoms with E-state index in [2.05, 4.69) is 17.4 Å². The summed E-state index contributed by atoms with van der Waals surface area (Å²) in [7, 11) is 3.60. The molecule has 1 N–H and O–H groups in total. The molecular formula is C17H26N2O2. The molecule has 4 nitrogen and oxygen atoms in total. The lowest BCUT2D eigenvalue weighted by molar-refractivity contribution is -0.134. The van der Waals surface area contributed by atoms with Crippen molar-refractivity contribution in [2.24, 2.45) is 5.92 Å². The molecule has 1 aliphatic heterocycles. The van der Waals surface area contributed by atoms with Crippen LogP contribution in [0.25, 0.3) is 0 Å². The lowest BCUT2D eigenvalue weighted by Crippen LogP contribution is -2.41. The number of carbonyl (C=O) groups excluding carboxylic acids is 1. The Kier molecular flexibility index (Phi) is 6.05. The Hall–Kier alpha value is -1.55. The molecule has 0 aromatic heterocycles. The second-order valence-electron chi connectivity index (χ2n) is 5.75. The van der Waals surface area contributed by atoms with Gasteiger partial charge in [-0.05, 0) is 49.9 Å². The van der Waals surface area contributed by atoms with E-state index in [0.717, 1.165) is 51.1 Å². The minimum Gasteiger partial charge on any atom is -0.497 e. The summed E-state index contributed by atoms with van der Waals surface area (Å²) in [4.78, 5) is 14.2. The van der Waals surface area contributed by atoms with E-state index in [-0.39, 0.29) is 11.8 Å². The highest BCUT2D eigenvalue weighted by atomic mass is 16.5. The van der Waals surface area contributed by atoms with Gasteiger partial charge in [0.05, 0.1) is 13.0 Å². The number of hydrogen-bond acceptors (Lipinski definition) is 3. The maximum absolute atomic E-state index is 12.3. The molecule has 21 heavy (non-hydrogen) atoms. The molecule has 0 radical (unpaired) electrons. The van der Waals surface area contributed by atoms with Crippen molar-refractivity contribution in [3.05, 3.63) is 29.8 Å². The standard InChI is InChI=1S/C17H26N2O2/c1-19(17(20)15-6-3-11-18-13-15)12-4-5-14-7-9-16(21-2)10-8-14/h7-10,15,18H,3-6,11-13H2,1-2H3. The number of carbonyl (C=O) groups is 1. The predicted octanol–water partition coefficient (Wildman–Crippen LogP) is 2.09. The van der Waals surface area contributed by atoms with E-state index in [1.54, 1.807) is 7.11 Å². The van der Waals surface area contributed by atoms with Gasteiger partial charge in [-0.15, -0.1) is 0 Å². The fraction of sp³-hybridized carbons (Fsp3) is 0.588. The number of benzene rings is 1. The zero-order valence-electron chi connectivity index (χ0n) is 13.1. The molecule has 1 atom stereocenters. The van der Waals surface area contributed by atoms with E-state index in [9.17, 15) is 4.79 Å². The molecule has 116 valence electrons. The van der Waals surface area contributed by atoms with Gasteiger partial charge >= 0.3 is 0 Å². The molecule has 0 bridgehead atoms. The van der Waals surface area contributed by atoms with Crippen LogP contribution >= 0.6 is 0 Å². The molecule has 1 heterocycles. The lowest BCUT2D eigenvalue weighted by atomic mass is 9.98. The average molecular weight is 290 g/mol. The van der Waals surface area contributed by atoms with Gasteiger partial charge in [-0.2, -0.15) is 0 Å². The first-order valence-corrected chi connectivity index (χ1v) is 7.79. The smallest absolute Gasteiger partial charge is 0.226 e. The Labute approximate surface area is 127 Å². The summed E-state index contributed by atoms with van der Waals surface area (Å²) in [6, 6.07) is 8.15. The number of methoxy groups -OCH3 is 1. The molecule has 4 heteroatoms. The summed E-state index contributed by atoms with van der Waals surface area (Å²) in [6.07, 6.45) is 4.12. The summed E-state index contributed by atoms with van der Waals surface area (Å²) >= 11 is 0. The molecule has 2 rings (SSSR count). The van der Waals surface area contributed by atoms with Crippen molar-refractivity contribution in [1.82, 2.24) is 10.2 Å². The topological polar surface area (TPSA) is 41.6 Å². The Morgan fingerprint density at radius 1 is 1.38 bits per heavy atom. The Morgan fingerprint density at radius 3 is 2.76 bits per heavy atom. The monoisotopic (exact) mass is 290 g/mol. The number of hydrogen-bond donors (Lipinski definition) is 1. The maximum Gasteiger partial charge on any atom is 0.226 e. The van der Waals surface area contributed by atoms with Crippen LogP contribution in [0.4, 0.5) is 0 Å². The summed E-state index contributed by atoms with van der Waals surface area (Å²) in [5, 5.41) is 3.30. The summed E-state index contributed by atoms with van der Waals surface area (Å²) < 4.78 is 5.15. The van der Waals surface area contributed by atoms with Crippen LogP contribution in [0.15, 0.2) is 24.3 Å². The second-order valence-corrected chi connectivity index (χ2v) is 5.75. The quantitative estimate of drug-likeness (QED) is 0.872. The van der Waals surface area contributed by atoms with Crippen molar-refractivity contribution in [3.63, 3.8) is 0 Å². The Morgan fingerprint density at radius 2 is 2.14 bits per heavy atom. The van der Waals surface area contributed by atoms with E-state index < -0.39 is 0 Å². The zero-order chi connectivity index (χ0) is 15.1. The van der Waals surface area contributed by atoms with Crippen molar-refractivity contribution >= 4 is 5.91 Å². The molecule has 0 saturated carbocycles. The van der Waals surface area contributed by atoms with Crippen LogP contribution in [0.3, 0.4) is 0 Å². The van der Waals surface area contributed by atoms with E-state index in [1.165, 1.54) is 5.56 Å². The first-order chi connectivity index (χ1) is 10.2. The molecule has 1 saturated heterocycles. The van der Waals surface area contributed by atoms with E-state index in [0.29, 0.717) is 0 Å². The highest BCUT2D eigenvalue weighted by Crippen LogP contribution is 2.15.